The number of sulfonamides is 1. The lowest BCUT2D eigenvalue weighted by molar-refractivity contribution is -0.128. The monoisotopic (exact) mass is 526 g/mol. The molecule has 0 radical (unpaired) electrons. The standard InChI is InChI=1S/C21H27BrN4O5S/c1-20(2)13-7-8-21(20)11-32(28,29)26(16(21)10-13)19(27)17(22)18(24-25-23)12-5-6-14(30-3)15(9-12)31-4/h5-6,9,13,16-18H,7-8,10-11H2,1-4H3/t13-,16-,17-,18-,21-/m1/s1. The zero-order chi connectivity index (χ0) is 23.5. The molecule has 1 spiro atoms. The number of carbonyl (C=O) groups is 1. The average Bonchev–Trinajstić information content (AvgIpc) is 3.24. The quantitative estimate of drug-likeness (QED) is 0.238. The van der Waals surface area contributed by atoms with Crippen molar-refractivity contribution in [2.45, 2.75) is 50.0 Å². The van der Waals surface area contributed by atoms with Crippen molar-refractivity contribution < 1.29 is 22.7 Å². The summed E-state index contributed by atoms with van der Waals surface area (Å²) in [5.41, 5.74) is 9.11. The molecule has 0 unspecified atom stereocenters. The van der Waals surface area contributed by atoms with Crippen LogP contribution in [-0.2, 0) is 14.8 Å². The average molecular weight is 527 g/mol. The van der Waals surface area contributed by atoms with Crippen molar-refractivity contribution >= 4 is 31.9 Å². The minimum atomic E-state index is -3.79. The van der Waals surface area contributed by atoms with E-state index in [0.29, 0.717) is 29.4 Å². The molecule has 1 heterocycles. The number of halogens is 1. The maximum absolute atomic E-state index is 13.6. The number of rotatable bonds is 6. The third kappa shape index (κ3) is 3.12. The van der Waals surface area contributed by atoms with Crippen LogP contribution in [0.3, 0.4) is 0 Å². The Morgan fingerprint density at radius 3 is 2.59 bits per heavy atom. The molecule has 2 bridgehead atoms. The van der Waals surface area contributed by atoms with Gasteiger partial charge in [-0.1, -0.05) is 41.0 Å². The molecule has 9 nitrogen and oxygen atoms in total. The van der Waals surface area contributed by atoms with Crippen LogP contribution in [0.4, 0.5) is 0 Å². The lowest BCUT2D eigenvalue weighted by Gasteiger charge is -2.37. The number of hydrogen-bond acceptors (Lipinski definition) is 6. The number of azide groups is 1. The van der Waals surface area contributed by atoms with E-state index in [0.717, 1.165) is 17.1 Å². The third-order valence-electron chi connectivity index (χ3n) is 8.07. The largest absolute Gasteiger partial charge is 0.493 e. The van der Waals surface area contributed by atoms with E-state index in [1.807, 2.05) is 0 Å². The smallest absolute Gasteiger partial charge is 0.250 e. The van der Waals surface area contributed by atoms with Gasteiger partial charge in [-0.3, -0.25) is 4.79 Å². The van der Waals surface area contributed by atoms with E-state index in [2.05, 4.69) is 39.8 Å². The predicted octanol–water partition coefficient (Wildman–Crippen LogP) is 4.19. The van der Waals surface area contributed by atoms with Gasteiger partial charge < -0.3 is 9.47 Å². The normalized spacial score (nSPS) is 30.8. The topological polar surface area (TPSA) is 122 Å². The maximum atomic E-state index is 13.6. The summed E-state index contributed by atoms with van der Waals surface area (Å²) >= 11 is 3.37. The minimum absolute atomic E-state index is 0.0117. The molecule has 2 aliphatic carbocycles. The molecular formula is C21H27BrN4O5S. The van der Waals surface area contributed by atoms with E-state index >= 15 is 0 Å². The highest BCUT2D eigenvalue weighted by Crippen LogP contribution is 2.70. The Bertz CT molecular complexity index is 1100. The van der Waals surface area contributed by atoms with Crippen molar-refractivity contribution in [1.29, 1.82) is 0 Å². The number of methoxy groups -OCH3 is 2. The summed E-state index contributed by atoms with van der Waals surface area (Å²) in [7, 11) is -0.801. The number of fused-ring (bicyclic) bond motifs is 1. The fourth-order valence-electron chi connectivity index (χ4n) is 6.22. The van der Waals surface area contributed by atoms with Crippen molar-refractivity contribution in [2.24, 2.45) is 21.9 Å². The van der Waals surface area contributed by atoms with Gasteiger partial charge in [0.25, 0.3) is 5.91 Å². The highest BCUT2D eigenvalue weighted by molar-refractivity contribution is 9.10. The highest BCUT2D eigenvalue weighted by atomic mass is 79.9. The van der Waals surface area contributed by atoms with Crippen LogP contribution in [0, 0.1) is 16.7 Å². The first-order chi connectivity index (χ1) is 15.0. The fourth-order valence-corrected chi connectivity index (χ4v) is 9.55. The SMILES string of the molecule is COc1ccc([C@@H](N=[N+]=[N-])[C@@H](Br)C(=O)N2[C@@H]3C[C@H]4CC[C@]3(CS2(=O)=O)C4(C)C)cc1OC. The van der Waals surface area contributed by atoms with Crippen LogP contribution >= 0.6 is 15.9 Å². The summed E-state index contributed by atoms with van der Waals surface area (Å²) in [5, 5.41) is 3.82. The Morgan fingerprint density at radius 2 is 2.00 bits per heavy atom. The molecule has 3 aliphatic rings. The van der Waals surface area contributed by atoms with Gasteiger partial charge in [-0.2, -0.15) is 0 Å². The number of benzene rings is 1. The summed E-state index contributed by atoms with van der Waals surface area (Å²) in [6.45, 7) is 4.26. The molecule has 1 aromatic carbocycles. The van der Waals surface area contributed by atoms with Gasteiger partial charge >= 0.3 is 0 Å². The molecule has 1 amide bonds. The van der Waals surface area contributed by atoms with E-state index < -0.39 is 32.2 Å². The van der Waals surface area contributed by atoms with Gasteiger partial charge in [0.1, 0.15) is 4.83 Å². The van der Waals surface area contributed by atoms with E-state index in [1.165, 1.54) is 14.2 Å². The van der Waals surface area contributed by atoms with Crippen LogP contribution < -0.4 is 9.47 Å². The van der Waals surface area contributed by atoms with Gasteiger partial charge in [-0.25, -0.2) is 12.7 Å². The van der Waals surface area contributed by atoms with E-state index in [-0.39, 0.29) is 17.2 Å². The van der Waals surface area contributed by atoms with Crippen molar-refractivity contribution in [3.8, 4) is 11.5 Å². The molecule has 1 aliphatic heterocycles. The van der Waals surface area contributed by atoms with Gasteiger partial charge in [0.05, 0.1) is 32.1 Å². The lowest BCUT2D eigenvalue weighted by atomic mass is 9.69. The van der Waals surface area contributed by atoms with Crippen LogP contribution in [0.2, 0.25) is 0 Å². The first-order valence-corrected chi connectivity index (χ1v) is 13.0. The van der Waals surface area contributed by atoms with E-state index in [9.17, 15) is 13.2 Å². The number of hydrogen-bond donors (Lipinski definition) is 0. The third-order valence-corrected chi connectivity index (χ3v) is 10.9. The molecule has 1 aromatic rings. The van der Waals surface area contributed by atoms with E-state index in [1.54, 1.807) is 18.2 Å². The second-order valence-corrected chi connectivity index (χ2v) is 12.3. The fraction of sp³-hybridized carbons (Fsp3) is 0.667. The van der Waals surface area contributed by atoms with Crippen LogP contribution in [0.25, 0.3) is 10.4 Å². The first kappa shape index (κ1) is 23.2. The highest BCUT2D eigenvalue weighted by Gasteiger charge is 2.72. The van der Waals surface area contributed by atoms with Crippen LogP contribution in [0.5, 0.6) is 11.5 Å². The minimum Gasteiger partial charge on any atom is -0.493 e. The van der Waals surface area contributed by atoms with Gasteiger partial charge in [0, 0.05) is 10.3 Å². The summed E-state index contributed by atoms with van der Waals surface area (Å²) in [4.78, 5) is 15.5. The van der Waals surface area contributed by atoms with Gasteiger partial charge in [0.15, 0.2) is 11.5 Å². The summed E-state index contributed by atoms with van der Waals surface area (Å²) < 4.78 is 38.1. The maximum Gasteiger partial charge on any atom is 0.250 e. The van der Waals surface area contributed by atoms with Gasteiger partial charge in [0.2, 0.25) is 10.0 Å². The predicted molar refractivity (Wildman–Crippen MR) is 122 cm³/mol. The molecule has 2 saturated carbocycles. The lowest BCUT2D eigenvalue weighted by Crippen LogP contribution is -2.47. The van der Waals surface area contributed by atoms with Crippen molar-refractivity contribution in [1.82, 2.24) is 4.31 Å². The summed E-state index contributed by atoms with van der Waals surface area (Å²) in [6.07, 6.45) is 2.48. The van der Waals surface area contributed by atoms with E-state index in [4.69, 9.17) is 15.0 Å². The van der Waals surface area contributed by atoms with Crippen molar-refractivity contribution in [2.75, 3.05) is 20.0 Å². The molecule has 3 fully saturated rings. The second-order valence-electron chi connectivity index (χ2n) is 9.42. The van der Waals surface area contributed by atoms with Crippen molar-refractivity contribution in [3.63, 3.8) is 0 Å². The van der Waals surface area contributed by atoms with Gasteiger partial charge in [-0.15, -0.1) is 0 Å². The molecule has 11 heteroatoms. The van der Waals surface area contributed by atoms with Crippen LogP contribution in [-0.4, -0.2) is 49.5 Å². The Labute approximate surface area is 196 Å². The zero-order valence-corrected chi connectivity index (χ0v) is 20.9. The Kier molecular flexibility index (Phi) is 5.66. The zero-order valence-electron chi connectivity index (χ0n) is 18.5. The number of carbonyl (C=O) groups excluding carboxylic acids is 1. The van der Waals surface area contributed by atoms with Crippen LogP contribution in [0.1, 0.15) is 44.7 Å². The Balaban J connectivity index is 1.70. The van der Waals surface area contributed by atoms with Gasteiger partial charge in [-0.05, 0) is 53.8 Å². The van der Waals surface area contributed by atoms with Crippen molar-refractivity contribution in [3.05, 3.63) is 34.2 Å². The first-order valence-electron chi connectivity index (χ1n) is 10.5. The molecule has 5 atom stereocenters. The second kappa shape index (κ2) is 7.81. The molecule has 4 rings (SSSR count). The summed E-state index contributed by atoms with van der Waals surface area (Å²) in [6, 6.07) is 3.62. The molecule has 0 N–H and O–H groups in total. The molecule has 32 heavy (non-hydrogen) atoms. The molecular weight excluding hydrogens is 500 g/mol. The number of amides is 1. The summed E-state index contributed by atoms with van der Waals surface area (Å²) in [5.74, 6) is 0.690. The number of nitrogens with zero attached hydrogens (tertiary/aromatic N) is 4. The number of ether oxygens (including phenoxy) is 2. The Hall–Kier alpha value is -1.97. The number of alkyl halides is 1. The molecule has 0 aromatic heterocycles. The molecule has 1 saturated heterocycles. The molecule has 174 valence electrons. The Morgan fingerprint density at radius 1 is 1.31 bits per heavy atom. The van der Waals surface area contributed by atoms with Crippen LogP contribution in [0.15, 0.2) is 23.3 Å².